The maximum absolute atomic E-state index is 10.4. The summed E-state index contributed by atoms with van der Waals surface area (Å²) in [5, 5.41) is 0. The molecule has 0 saturated heterocycles. The molecule has 0 amide bonds. The van der Waals surface area contributed by atoms with Gasteiger partial charge < -0.3 is 4.74 Å². The quantitative estimate of drug-likeness (QED) is 0.397. The number of para-hydroxylation sites is 1. The molecule has 79 valence electrons. The summed E-state index contributed by atoms with van der Waals surface area (Å²) in [6.45, 7) is 1.38. The van der Waals surface area contributed by atoms with Gasteiger partial charge in [-0.25, -0.2) is 0 Å². The van der Waals surface area contributed by atoms with Crippen LogP contribution in [0.3, 0.4) is 0 Å². The van der Waals surface area contributed by atoms with Gasteiger partial charge >= 0.3 is 5.97 Å². The third-order valence-corrected chi connectivity index (χ3v) is 1.00. The van der Waals surface area contributed by atoms with Crippen LogP contribution in [0.4, 0.5) is 14.1 Å². The lowest BCUT2D eigenvalue weighted by atomic mass is 10.3. The van der Waals surface area contributed by atoms with Crippen molar-refractivity contribution in [2.45, 2.75) is 6.92 Å². The van der Waals surface area contributed by atoms with Crippen LogP contribution in [0.25, 0.3) is 0 Å². The van der Waals surface area contributed by atoms with Crippen molar-refractivity contribution < 1.29 is 23.6 Å². The number of benzene rings is 1. The smallest absolute Gasteiger partial charge is 0.308 e. The van der Waals surface area contributed by atoms with Crippen molar-refractivity contribution in [2.24, 2.45) is 0 Å². The molecule has 1 rings (SSSR count). The molecule has 1 aromatic rings. The average Bonchev–Trinajstić information content (AvgIpc) is 1.88. The second-order valence-electron chi connectivity index (χ2n) is 1.91. The first-order valence-corrected chi connectivity index (χ1v) is 3.02. The topological polar surface area (TPSA) is 26.3 Å². The minimum absolute atomic E-state index is 0. The number of halogens is 3. The van der Waals surface area contributed by atoms with Crippen molar-refractivity contribution in [3.8, 4) is 5.75 Å². The molecule has 0 heterocycles. The van der Waals surface area contributed by atoms with Gasteiger partial charge in [-0.2, -0.15) is 0 Å². The van der Waals surface area contributed by atoms with Gasteiger partial charge in [0.05, 0.1) is 0 Å². The Kier molecular flexibility index (Phi) is 18.9. The fraction of sp³-hybridized carbons (Fsp3) is 0.125. The molecule has 0 aromatic heterocycles. The molecule has 0 aliphatic rings. The van der Waals surface area contributed by atoms with E-state index in [2.05, 4.69) is 0 Å². The molecule has 0 fully saturated rings. The maximum atomic E-state index is 10.4. The van der Waals surface area contributed by atoms with E-state index in [9.17, 15) is 4.79 Å². The van der Waals surface area contributed by atoms with Gasteiger partial charge in [0.2, 0.25) is 0 Å². The molecule has 1 aromatic carbocycles. The lowest BCUT2D eigenvalue weighted by Gasteiger charge is -1.97. The highest BCUT2D eigenvalue weighted by Gasteiger charge is 1.92. The molecule has 2 nitrogen and oxygen atoms in total. The fourth-order valence-electron chi connectivity index (χ4n) is 0.655. The molecule has 0 atom stereocenters. The Morgan fingerprint density at radius 2 is 1.50 bits per heavy atom. The molecule has 0 bridgehead atoms. The number of hydrogen-bond donors (Lipinski definition) is 0. The molecule has 0 aliphatic carbocycles. The van der Waals surface area contributed by atoms with E-state index in [0.29, 0.717) is 5.75 Å². The van der Waals surface area contributed by atoms with Crippen LogP contribution in [0, 0.1) is 0 Å². The molecule has 6 heteroatoms. The van der Waals surface area contributed by atoms with E-state index in [-0.39, 0.29) is 28.5 Å². The summed E-state index contributed by atoms with van der Waals surface area (Å²) in [5.41, 5.74) is 0. The summed E-state index contributed by atoms with van der Waals surface area (Å²) >= 11 is 0. The van der Waals surface area contributed by atoms with E-state index in [1.807, 2.05) is 18.2 Å². The van der Waals surface area contributed by atoms with Crippen LogP contribution < -0.4 is 4.74 Å². The summed E-state index contributed by atoms with van der Waals surface area (Å²) in [6, 6.07) is 8.98. The molecule has 14 heavy (non-hydrogen) atoms. The molecule has 3 radical (unpaired) electrons. The van der Waals surface area contributed by atoms with E-state index in [4.69, 9.17) is 4.74 Å². The number of hydrogen-bond acceptors (Lipinski definition) is 2. The normalized spacial score (nSPS) is 6.36. The minimum atomic E-state index is -0.286. The average molecular weight is 207 g/mol. The van der Waals surface area contributed by atoms with Crippen LogP contribution in [0.5, 0.6) is 5.75 Å². The van der Waals surface area contributed by atoms with E-state index < -0.39 is 0 Å². The van der Waals surface area contributed by atoms with Crippen molar-refractivity contribution in [3.63, 3.8) is 0 Å². The van der Waals surface area contributed by atoms with Crippen molar-refractivity contribution in [2.75, 3.05) is 0 Å². The fourth-order valence-corrected chi connectivity index (χ4v) is 0.655. The Morgan fingerprint density at radius 3 is 1.86 bits per heavy atom. The molecular weight excluding hydrogens is 196 g/mol. The van der Waals surface area contributed by atoms with Gasteiger partial charge in [-0.1, -0.05) is 18.2 Å². The molecule has 0 saturated carbocycles. The van der Waals surface area contributed by atoms with Gasteiger partial charge in [0, 0.05) is 15.3 Å². The van der Waals surface area contributed by atoms with E-state index >= 15 is 0 Å². The second-order valence-corrected chi connectivity index (χ2v) is 1.91. The summed E-state index contributed by atoms with van der Waals surface area (Å²) in [4.78, 5) is 10.4. The Labute approximate surface area is 81.9 Å². The Balaban J connectivity index is -0.000000125. The van der Waals surface area contributed by atoms with Gasteiger partial charge in [-0.3, -0.25) is 18.9 Å². The zero-order chi connectivity index (χ0) is 7.40. The van der Waals surface area contributed by atoms with Crippen molar-refractivity contribution in [1.82, 2.24) is 0 Å². The highest BCUT2D eigenvalue weighted by Crippen LogP contribution is 2.07. The first kappa shape index (κ1) is 22.9. The Hall–Kier alpha value is -1.46. The van der Waals surface area contributed by atoms with Gasteiger partial charge in [0.25, 0.3) is 0 Å². The van der Waals surface area contributed by atoms with Crippen LogP contribution in [0.1, 0.15) is 6.92 Å². The van der Waals surface area contributed by atoms with Crippen molar-refractivity contribution in [3.05, 3.63) is 30.3 Å². The highest BCUT2D eigenvalue weighted by atomic mass is 19.0. The SMILES string of the molecule is CC(=O)Oc1ccccc1.F.F.F.[B]. The first-order valence-electron chi connectivity index (χ1n) is 3.02. The molecule has 0 spiro atoms. The van der Waals surface area contributed by atoms with Crippen LogP contribution in [-0.2, 0) is 4.79 Å². The van der Waals surface area contributed by atoms with Gasteiger partial charge in [-0.05, 0) is 12.1 Å². The number of ether oxygens (including phenoxy) is 1. The predicted octanol–water partition coefficient (Wildman–Crippen LogP) is 1.69. The van der Waals surface area contributed by atoms with Gasteiger partial charge in [0.1, 0.15) is 5.75 Å². The van der Waals surface area contributed by atoms with Crippen molar-refractivity contribution >= 4 is 14.4 Å². The Bertz CT molecular complexity index is 231. The summed E-state index contributed by atoms with van der Waals surface area (Å²) < 4.78 is 4.78. The monoisotopic (exact) mass is 207 g/mol. The summed E-state index contributed by atoms with van der Waals surface area (Å²) in [6.07, 6.45) is 0. The third kappa shape index (κ3) is 8.64. The number of esters is 1. The number of carbonyl (C=O) groups is 1. The maximum Gasteiger partial charge on any atom is 0.308 e. The molecule has 0 unspecified atom stereocenters. The van der Waals surface area contributed by atoms with E-state index in [1.165, 1.54) is 6.92 Å². The summed E-state index contributed by atoms with van der Waals surface area (Å²) in [7, 11) is 0. The van der Waals surface area contributed by atoms with Gasteiger partial charge in [0.15, 0.2) is 0 Å². The van der Waals surface area contributed by atoms with Crippen LogP contribution >= 0.6 is 0 Å². The number of rotatable bonds is 1. The third-order valence-electron chi connectivity index (χ3n) is 1.00. The first-order chi connectivity index (χ1) is 4.79. The van der Waals surface area contributed by atoms with Crippen LogP contribution in [0.15, 0.2) is 30.3 Å². The second kappa shape index (κ2) is 11.5. The van der Waals surface area contributed by atoms with Crippen molar-refractivity contribution in [1.29, 1.82) is 0 Å². The van der Waals surface area contributed by atoms with Crippen LogP contribution in [0.2, 0.25) is 0 Å². The van der Waals surface area contributed by atoms with Crippen LogP contribution in [-0.4, -0.2) is 14.4 Å². The standard InChI is InChI=1S/C8H8O2.B.3FH/c1-7(9)10-8-5-3-2-4-6-8;;;;/h2-6H,1H3;;3*1H. The zero-order valence-corrected chi connectivity index (χ0v) is 7.51. The van der Waals surface area contributed by atoms with E-state index in [1.54, 1.807) is 12.1 Å². The lowest BCUT2D eigenvalue weighted by molar-refractivity contribution is -0.131. The number of carbonyl (C=O) groups excluding carboxylic acids is 1. The van der Waals surface area contributed by atoms with Gasteiger partial charge in [-0.15, -0.1) is 0 Å². The highest BCUT2D eigenvalue weighted by molar-refractivity contribution is 5.75. The van der Waals surface area contributed by atoms with E-state index in [0.717, 1.165) is 0 Å². The zero-order valence-electron chi connectivity index (χ0n) is 7.51. The molecule has 0 aliphatic heterocycles. The summed E-state index contributed by atoms with van der Waals surface area (Å²) in [5.74, 6) is 0.307. The minimum Gasteiger partial charge on any atom is -0.427 e. The predicted molar refractivity (Wildman–Crippen MR) is 51.0 cm³/mol. The largest absolute Gasteiger partial charge is 0.427 e. The molecular formula is C8H11BF3O2. The lowest BCUT2D eigenvalue weighted by Crippen LogP contribution is -2.00. The Morgan fingerprint density at radius 1 is 1.07 bits per heavy atom. The molecule has 0 N–H and O–H groups in total.